The van der Waals surface area contributed by atoms with Crippen LogP contribution in [0.3, 0.4) is 0 Å². The summed E-state index contributed by atoms with van der Waals surface area (Å²) in [7, 11) is 0. The van der Waals surface area contributed by atoms with E-state index in [1.165, 1.54) is 6.08 Å². The lowest BCUT2D eigenvalue weighted by Crippen LogP contribution is -2.01. The monoisotopic (exact) mass is 128 g/mol. The summed E-state index contributed by atoms with van der Waals surface area (Å²) in [5.74, 6) is 0. The van der Waals surface area contributed by atoms with Gasteiger partial charge in [-0.1, -0.05) is 0 Å². The number of ether oxygens (including phenoxy) is 2. The zero-order valence-corrected chi connectivity index (χ0v) is 4.95. The highest BCUT2D eigenvalue weighted by Gasteiger charge is 2.10. The molecule has 0 bridgehead atoms. The Morgan fingerprint density at radius 3 is 2.56 bits per heavy atom. The molecule has 50 valence electrons. The first-order valence-corrected chi connectivity index (χ1v) is 2.78. The predicted octanol–water partition coefficient (Wildman–Crippen LogP) is 0.114. The summed E-state index contributed by atoms with van der Waals surface area (Å²) in [5.41, 5.74) is 0. The number of allylic oxidation sites excluding steroid dienone is 1. The fraction of sp³-hybridized carbons (Fsp3) is 0.500. The summed E-state index contributed by atoms with van der Waals surface area (Å²) >= 11 is 0. The second kappa shape index (κ2) is 3.37. The average Bonchev–Trinajstić information content (AvgIpc) is 2.34. The predicted molar refractivity (Wildman–Crippen MR) is 30.9 cm³/mol. The Labute approximate surface area is 53.3 Å². The van der Waals surface area contributed by atoms with Gasteiger partial charge >= 0.3 is 0 Å². The lowest BCUT2D eigenvalue weighted by molar-refractivity contribution is -0.104. The van der Waals surface area contributed by atoms with Crippen LogP contribution in [-0.2, 0) is 14.3 Å². The summed E-state index contributed by atoms with van der Waals surface area (Å²) in [6.45, 7) is 1.24. The molecule has 0 radical (unpaired) electrons. The van der Waals surface area contributed by atoms with Crippen molar-refractivity contribution in [2.45, 2.75) is 6.29 Å². The molecule has 1 heterocycles. The maximum Gasteiger partial charge on any atom is 0.177 e. The fourth-order valence-corrected chi connectivity index (χ4v) is 0.624. The van der Waals surface area contributed by atoms with Crippen LogP contribution in [0.15, 0.2) is 12.2 Å². The van der Waals surface area contributed by atoms with Gasteiger partial charge in [-0.3, -0.25) is 4.79 Å². The largest absolute Gasteiger partial charge is 0.347 e. The van der Waals surface area contributed by atoms with Crippen LogP contribution in [0.4, 0.5) is 0 Å². The molecule has 1 aliphatic rings. The fourth-order valence-electron chi connectivity index (χ4n) is 0.624. The van der Waals surface area contributed by atoms with Gasteiger partial charge in [0.2, 0.25) is 0 Å². The van der Waals surface area contributed by atoms with Gasteiger partial charge in [-0.05, 0) is 12.2 Å². The summed E-state index contributed by atoms with van der Waals surface area (Å²) in [6.07, 6.45) is 3.36. The van der Waals surface area contributed by atoms with E-state index in [2.05, 4.69) is 0 Å². The van der Waals surface area contributed by atoms with Crippen molar-refractivity contribution < 1.29 is 14.3 Å². The lowest BCUT2D eigenvalue weighted by Gasteiger charge is -1.98. The molecule has 1 rings (SSSR count). The van der Waals surface area contributed by atoms with E-state index in [1.54, 1.807) is 6.08 Å². The van der Waals surface area contributed by atoms with Gasteiger partial charge in [0.15, 0.2) is 6.29 Å². The highest BCUT2D eigenvalue weighted by atomic mass is 16.7. The Morgan fingerprint density at radius 2 is 2.00 bits per heavy atom. The summed E-state index contributed by atoms with van der Waals surface area (Å²) in [5, 5.41) is 0. The normalized spacial score (nSPS) is 21.3. The van der Waals surface area contributed by atoms with Gasteiger partial charge in [0, 0.05) is 0 Å². The van der Waals surface area contributed by atoms with Crippen LogP contribution >= 0.6 is 0 Å². The molecule has 0 aliphatic carbocycles. The third-order valence-electron chi connectivity index (χ3n) is 0.994. The van der Waals surface area contributed by atoms with E-state index in [9.17, 15) is 4.79 Å². The molecule has 3 nitrogen and oxygen atoms in total. The topological polar surface area (TPSA) is 35.5 Å². The molecule has 0 amide bonds. The van der Waals surface area contributed by atoms with Crippen LogP contribution in [0.5, 0.6) is 0 Å². The van der Waals surface area contributed by atoms with Gasteiger partial charge in [0.25, 0.3) is 0 Å². The molecule has 0 saturated carbocycles. The first-order valence-electron chi connectivity index (χ1n) is 2.78. The Balaban J connectivity index is 2.25. The minimum Gasteiger partial charge on any atom is -0.347 e. The van der Waals surface area contributed by atoms with E-state index in [-0.39, 0.29) is 6.29 Å². The standard InChI is InChI=1S/C6H8O3/c7-3-1-2-6-8-4-5-9-6/h1-3,6H,4-5H2/b2-1+. The molecule has 0 aromatic rings. The van der Waals surface area contributed by atoms with Crippen molar-refractivity contribution in [3.05, 3.63) is 12.2 Å². The van der Waals surface area contributed by atoms with Gasteiger partial charge in [0.05, 0.1) is 13.2 Å². The molecule has 1 saturated heterocycles. The van der Waals surface area contributed by atoms with Crippen LogP contribution in [0, 0.1) is 0 Å². The van der Waals surface area contributed by atoms with Crippen LogP contribution < -0.4 is 0 Å². The van der Waals surface area contributed by atoms with Gasteiger partial charge in [-0.25, -0.2) is 0 Å². The van der Waals surface area contributed by atoms with E-state index in [0.29, 0.717) is 19.5 Å². The Kier molecular flexibility index (Phi) is 2.42. The van der Waals surface area contributed by atoms with Gasteiger partial charge < -0.3 is 9.47 Å². The summed E-state index contributed by atoms with van der Waals surface area (Å²) in [6, 6.07) is 0. The lowest BCUT2D eigenvalue weighted by atomic mass is 10.5. The molecule has 0 spiro atoms. The third kappa shape index (κ3) is 1.95. The molecule has 0 unspecified atom stereocenters. The van der Waals surface area contributed by atoms with Crippen LogP contribution in [0.25, 0.3) is 0 Å². The van der Waals surface area contributed by atoms with Crippen molar-refractivity contribution in [1.82, 2.24) is 0 Å². The number of rotatable bonds is 2. The number of hydrogen-bond acceptors (Lipinski definition) is 3. The maximum atomic E-state index is 9.76. The second-order valence-electron chi connectivity index (χ2n) is 1.63. The molecule has 3 heteroatoms. The van der Waals surface area contributed by atoms with Crippen molar-refractivity contribution in [2.24, 2.45) is 0 Å². The molecule has 0 aromatic heterocycles. The Hall–Kier alpha value is -0.670. The number of hydrogen-bond donors (Lipinski definition) is 0. The Bertz CT molecular complexity index is 113. The van der Waals surface area contributed by atoms with Crippen molar-refractivity contribution in [3.8, 4) is 0 Å². The molecule has 0 atom stereocenters. The maximum absolute atomic E-state index is 9.76. The zero-order chi connectivity index (χ0) is 6.53. The number of aldehydes is 1. The third-order valence-corrected chi connectivity index (χ3v) is 0.994. The quantitative estimate of drug-likeness (QED) is 0.391. The first kappa shape index (κ1) is 6.45. The molecule has 1 fully saturated rings. The number of carbonyl (C=O) groups excluding carboxylic acids is 1. The molecule has 9 heavy (non-hydrogen) atoms. The second-order valence-corrected chi connectivity index (χ2v) is 1.63. The van der Waals surface area contributed by atoms with Crippen LogP contribution in [0.1, 0.15) is 0 Å². The minimum atomic E-state index is -0.296. The summed E-state index contributed by atoms with van der Waals surface area (Å²) in [4.78, 5) is 9.76. The SMILES string of the molecule is O=C/C=C/C1OCCO1. The van der Waals surface area contributed by atoms with E-state index < -0.39 is 0 Å². The minimum absolute atomic E-state index is 0.296. The molecular weight excluding hydrogens is 120 g/mol. The Morgan fingerprint density at radius 1 is 1.33 bits per heavy atom. The van der Waals surface area contributed by atoms with E-state index >= 15 is 0 Å². The van der Waals surface area contributed by atoms with E-state index in [4.69, 9.17) is 9.47 Å². The van der Waals surface area contributed by atoms with Crippen LogP contribution in [0.2, 0.25) is 0 Å². The first-order chi connectivity index (χ1) is 4.43. The molecular formula is C6H8O3. The van der Waals surface area contributed by atoms with E-state index in [1.807, 2.05) is 0 Å². The van der Waals surface area contributed by atoms with Crippen molar-refractivity contribution in [3.63, 3.8) is 0 Å². The van der Waals surface area contributed by atoms with Crippen molar-refractivity contribution in [2.75, 3.05) is 13.2 Å². The smallest absolute Gasteiger partial charge is 0.177 e. The number of carbonyl (C=O) groups is 1. The molecule has 0 aromatic carbocycles. The average molecular weight is 128 g/mol. The van der Waals surface area contributed by atoms with Gasteiger partial charge in [-0.15, -0.1) is 0 Å². The molecule has 0 N–H and O–H groups in total. The van der Waals surface area contributed by atoms with Crippen LogP contribution in [-0.4, -0.2) is 25.8 Å². The van der Waals surface area contributed by atoms with Crippen molar-refractivity contribution >= 4 is 6.29 Å². The molecule has 1 aliphatic heterocycles. The highest BCUT2D eigenvalue weighted by molar-refractivity contribution is 5.64. The van der Waals surface area contributed by atoms with E-state index in [0.717, 1.165) is 0 Å². The summed E-state index contributed by atoms with van der Waals surface area (Å²) < 4.78 is 9.97. The highest BCUT2D eigenvalue weighted by Crippen LogP contribution is 2.03. The van der Waals surface area contributed by atoms with Crippen molar-refractivity contribution in [1.29, 1.82) is 0 Å². The van der Waals surface area contributed by atoms with Gasteiger partial charge in [0.1, 0.15) is 6.29 Å². The zero-order valence-electron chi connectivity index (χ0n) is 4.95. The van der Waals surface area contributed by atoms with Gasteiger partial charge in [-0.2, -0.15) is 0 Å².